The first-order chi connectivity index (χ1) is 14.1. The second-order valence-electron chi connectivity index (χ2n) is 7.16. The highest BCUT2D eigenvalue weighted by Crippen LogP contribution is 2.17. The van der Waals surface area contributed by atoms with Gasteiger partial charge >= 0.3 is 5.69 Å². The number of aliphatic hydroxyl groups is 1. The monoisotopic (exact) mass is 398 g/mol. The number of hydrogen-bond donors (Lipinski definition) is 3. The van der Waals surface area contributed by atoms with Crippen LogP contribution in [0, 0.1) is 0 Å². The fraction of sp³-hybridized carbons (Fsp3) is 0.409. The number of aliphatic hydroxyl groups excluding tert-OH is 1. The van der Waals surface area contributed by atoms with Crippen molar-refractivity contribution < 1.29 is 9.84 Å². The second kappa shape index (κ2) is 10.2. The van der Waals surface area contributed by atoms with Gasteiger partial charge in [0.15, 0.2) is 0 Å². The Balaban J connectivity index is 1.47. The smallest absolute Gasteiger partial charge is 0.328 e. The number of aryl methyl sites for hydroxylation is 2. The molecule has 0 bridgehead atoms. The molecule has 7 nitrogen and oxygen atoms in total. The molecule has 0 saturated heterocycles. The molecule has 0 spiro atoms. The van der Waals surface area contributed by atoms with Gasteiger partial charge in [-0.05, 0) is 54.9 Å². The van der Waals surface area contributed by atoms with Crippen LogP contribution in [-0.4, -0.2) is 40.5 Å². The van der Waals surface area contributed by atoms with E-state index in [0.29, 0.717) is 13.2 Å². The third-order valence-electron chi connectivity index (χ3n) is 4.99. The molecule has 156 valence electrons. The van der Waals surface area contributed by atoms with Crippen LogP contribution in [0.3, 0.4) is 0 Å². The zero-order valence-electron chi connectivity index (χ0n) is 17.1. The molecule has 0 radical (unpaired) electrons. The molecule has 3 rings (SSSR count). The third-order valence-corrected chi connectivity index (χ3v) is 4.99. The van der Waals surface area contributed by atoms with Gasteiger partial charge in [0.05, 0.1) is 17.6 Å². The Bertz CT molecular complexity index is 976. The van der Waals surface area contributed by atoms with E-state index in [1.54, 1.807) is 23.2 Å². The number of imidazole rings is 1. The lowest BCUT2D eigenvalue weighted by Crippen LogP contribution is -2.23. The number of rotatable bonds is 11. The van der Waals surface area contributed by atoms with Gasteiger partial charge in [0, 0.05) is 27.2 Å². The molecule has 1 aromatic heterocycles. The first kappa shape index (κ1) is 21.1. The zero-order valence-corrected chi connectivity index (χ0v) is 17.1. The number of ether oxygens (including phenoxy) is 1. The summed E-state index contributed by atoms with van der Waals surface area (Å²) in [4.78, 5) is 12.0. The zero-order chi connectivity index (χ0) is 20.6. The number of fused-ring (bicyclic) bond motifs is 1. The van der Waals surface area contributed by atoms with Crippen molar-refractivity contribution >= 4 is 11.0 Å². The minimum absolute atomic E-state index is 0.0244. The molecule has 0 fully saturated rings. The number of hydrogen-bond acceptors (Lipinski definition) is 5. The molecule has 0 unspecified atom stereocenters. The Morgan fingerprint density at radius 2 is 1.59 bits per heavy atom. The van der Waals surface area contributed by atoms with Crippen molar-refractivity contribution in [2.75, 3.05) is 26.2 Å². The molecule has 3 aromatic rings. The summed E-state index contributed by atoms with van der Waals surface area (Å²) in [5.74, 6) is 0.823. The molecule has 1 heterocycles. The van der Waals surface area contributed by atoms with E-state index in [9.17, 15) is 4.79 Å². The number of nitrogens with one attached hydrogen (secondary N) is 2. The van der Waals surface area contributed by atoms with Crippen molar-refractivity contribution in [3.05, 3.63) is 64.1 Å². The molecule has 7 heteroatoms. The average molecular weight is 399 g/mol. The Morgan fingerprint density at radius 3 is 2.34 bits per heavy atom. The highest BCUT2D eigenvalue weighted by molar-refractivity contribution is 5.76. The molecule has 0 aliphatic carbocycles. The molecule has 0 aliphatic heterocycles. The summed E-state index contributed by atoms with van der Waals surface area (Å²) < 4.78 is 9.22. The van der Waals surface area contributed by atoms with E-state index in [0.717, 1.165) is 48.4 Å². The lowest BCUT2D eigenvalue weighted by Gasteiger charge is -2.09. The summed E-state index contributed by atoms with van der Waals surface area (Å²) >= 11 is 0. The molecule has 0 atom stereocenters. The lowest BCUT2D eigenvalue weighted by atomic mass is 10.2. The van der Waals surface area contributed by atoms with Gasteiger partial charge in [-0.3, -0.25) is 9.13 Å². The molecule has 0 saturated carbocycles. The molecule has 0 aliphatic rings. The fourth-order valence-electron chi connectivity index (χ4n) is 3.29. The van der Waals surface area contributed by atoms with Gasteiger partial charge in [-0.25, -0.2) is 4.79 Å². The van der Waals surface area contributed by atoms with Gasteiger partial charge in [0.1, 0.15) is 12.4 Å². The van der Waals surface area contributed by atoms with Crippen molar-refractivity contribution in [3.8, 4) is 5.75 Å². The van der Waals surface area contributed by atoms with Crippen molar-refractivity contribution in [3.63, 3.8) is 0 Å². The Kier molecular flexibility index (Phi) is 7.46. The maximum atomic E-state index is 12.0. The van der Waals surface area contributed by atoms with Crippen molar-refractivity contribution in [1.82, 2.24) is 19.8 Å². The van der Waals surface area contributed by atoms with Crippen LogP contribution in [0.15, 0.2) is 47.3 Å². The van der Waals surface area contributed by atoms with Crippen LogP contribution >= 0.6 is 0 Å². The van der Waals surface area contributed by atoms with E-state index < -0.39 is 0 Å². The topological polar surface area (TPSA) is 80.5 Å². The van der Waals surface area contributed by atoms with Gasteiger partial charge in [-0.2, -0.15) is 0 Å². The summed E-state index contributed by atoms with van der Waals surface area (Å²) in [6.07, 6.45) is 1.03. The summed E-state index contributed by atoms with van der Waals surface area (Å²) in [6.45, 7) is 3.95. The standard InChI is InChI=1S/C22H30N4O3/c1-25-20-9-6-18(14-21(20)26(2)22(25)28)16-29-19-7-4-17(5-8-19)15-24-11-3-10-23-12-13-27/h4-9,14,23-24,27H,3,10-13,15-16H2,1-2H3. The van der Waals surface area contributed by atoms with Crippen molar-refractivity contribution in [1.29, 1.82) is 0 Å². The first-order valence-electron chi connectivity index (χ1n) is 9.98. The van der Waals surface area contributed by atoms with Gasteiger partial charge in [0.25, 0.3) is 0 Å². The van der Waals surface area contributed by atoms with Crippen molar-refractivity contribution in [2.24, 2.45) is 14.1 Å². The van der Waals surface area contributed by atoms with Crippen LogP contribution in [0.25, 0.3) is 11.0 Å². The molecule has 2 aromatic carbocycles. The Morgan fingerprint density at radius 1 is 0.897 bits per heavy atom. The summed E-state index contributed by atoms with van der Waals surface area (Å²) in [5, 5.41) is 15.3. The SMILES string of the molecule is Cn1c(=O)n(C)c2cc(COc3ccc(CNCCCNCCO)cc3)ccc21. The van der Waals surface area contributed by atoms with Crippen LogP contribution in [0.5, 0.6) is 5.75 Å². The minimum atomic E-state index is -0.0244. The van der Waals surface area contributed by atoms with Crippen LogP contribution in [-0.2, 0) is 27.2 Å². The Labute approximate surface area is 170 Å². The predicted molar refractivity (Wildman–Crippen MR) is 115 cm³/mol. The molecule has 3 N–H and O–H groups in total. The average Bonchev–Trinajstić information content (AvgIpc) is 2.96. The first-order valence-corrected chi connectivity index (χ1v) is 9.98. The predicted octanol–water partition coefficient (Wildman–Crippen LogP) is 1.52. The van der Waals surface area contributed by atoms with Crippen LogP contribution in [0.4, 0.5) is 0 Å². The van der Waals surface area contributed by atoms with E-state index in [4.69, 9.17) is 9.84 Å². The van der Waals surface area contributed by atoms with E-state index in [2.05, 4.69) is 22.8 Å². The summed E-state index contributed by atoms with van der Waals surface area (Å²) in [7, 11) is 3.57. The maximum absolute atomic E-state index is 12.0. The molecular weight excluding hydrogens is 368 g/mol. The Hall–Kier alpha value is -2.61. The fourth-order valence-corrected chi connectivity index (χ4v) is 3.29. The highest BCUT2D eigenvalue weighted by Gasteiger charge is 2.08. The van der Waals surface area contributed by atoms with Gasteiger partial charge in [0.2, 0.25) is 0 Å². The third kappa shape index (κ3) is 5.47. The minimum Gasteiger partial charge on any atom is -0.489 e. The van der Waals surface area contributed by atoms with Crippen LogP contribution in [0.1, 0.15) is 17.5 Å². The normalized spacial score (nSPS) is 11.3. The van der Waals surface area contributed by atoms with Crippen molar-refractivity contribution in [2.45, 2.75) is 19.6 Å². The van der Waals surface area contributed by atoms with E-state index in [1.807, 2.05) is 30.3 Å². The van der Waals surface area contributed by atoms with E-state index >= 15 is 0 Å². The second-order valence-corrected chi connectivity index (χ2v) is 7.16. The molecular formula is C22H30N4O3. The van der Waals surface area contributed by atoms with E-state index in [1.165, 1.54) is 5.56 Å². The number of aromatic nitrogens is 2. The highest BCUT2D eigenvalue weighted by atomic mass is 16.5. The van der Waals surface area contributed by atoms with Crippen LogP contribution < -0.4 is 21.1 Å². The molecule has 0 amide bonds. The number of benzene rings is 2. The van der Waals surface area contributed by atoms with Gasteiger partial charge in [-0.1, -0.05) is 18.2 Å². The largest absolute Gasteiger partial charge is 0.489 e. The number of nitrogens with zero attached hydrogens (tertiary/aromatic N) is 2. The van der Waals surface area contributed by atoms with Gasteiger partial charge in [-0.15, -0.1) is 0 Å². The van der Waals surface area contributed by atoms with Crippen LogP contribution in [0.2, 0.25) is 0 Å². The quantitative estimate of drug-likeness (QED) is 0.427. The van der Waals surface area contributed by atoms with E-state index in [-0.39, 0.29) is 12.3 Å². The van der Waals surface area contributed by atoms with Gasteiger partial charge < -0.3 is 20.5 Å². The molecule has 29 heavy (non-hydrogen) atoms. The maximum Gasteiger partial charge on any atom is 0.328 e. The summed E-state index contributed by atoms with van der Waals surface area (Å²) in [5.41, 5.74) is 4.04. The lowest BCUT2D eigenvalue weighted by molar-refractivity contribution is 0.292. The summed E-state index contributed by atoms with van der Waals surface area (Å²) in [6, 6.07) is 14.1.